The van der Waals surface area contributed by atoms with Gasteiger partial charge in [0.25, 0.3) is 0 Å². The van der Waals surface area contributed by atoms with Gasteiger partial charge in [0.1, 0.15) is 0 Å². The van der Waals surface area contributed by atoms with E-state index in [1.165, 1.54) is 22.4 Å². The van der Waals surface area contributed by atoms with Gasteiger partial charge in [-0.25, -0.2) is 4.99 Å². The highest BCUT2D eigenvalue weighted by Crippen LogP contribution is 2.14. The van der Waals surface area contributed by atoms with Gasteiger partial charge in [-0.15, -0.1) is 0 Å². The van der Waals surface area contributed by atoms with Gasteiger partial charge in [-0.05, 0) is 42.7 Å². The average molecular weight is 324 g/mol. The summed E-state index contributed by atoms with van der Waals surface area (Å²) in [5.74, 6) is 0.844. The van der Waals surface area contributed by atoms with Gasteiger partial charge in [-0.3, -0.25) is 0 Å². The quantitative estimate of drug-likeness (QED) is 0.632. The summed E-state index contributed by atoms with van der Waals surface area (Å²) in [5.41, 5.74) is 4.98. The Morgan fingerprint density at radius 2 is 1.83 bits per heavy atom. The molecule has 0 amide bonds. The summed E-state index contributed by atoms with van der Waals surface area (Å²) >= 11 is 0. The van der Waals surface area contributed by atoms with Crippen molar-refractivity contribution in [2.45, 2.75) is 26.9 Å². The summed E-state index contributed by atoms with van der Waals surface area (Å²) in [6.07, 6.45) is 0. The highest BCUT2D eigenvalue weighted by atomic mass is 15.2. The first kappa shape index (κ1) is 17.9. The zero-order valence-electron chi connectivity index (χ0n) is 15.1. The minimum Gasteiger partial charge on any atom is -0.378 e. The van der Waals surface area contributed by atoms with Crippen molar-refractivity contribution < 1.29 is 0 Å². The molecular formula is C20H28N4. The lowest BCUT2D eigenvalue weighted by Crippen LogP contribution is -2.36. The number of benzene rings is 2. The Balaban J connectivity index is 2.02. The van der Waals surface area contributed by atoms with E-state index in [9.17, 15) is 0 Å². The number of nitrogens with one attached hydrogen (secondary N) is 2. The summed E-state index contributed by atoms with van der Waals surface area (Å²) in [4.78, 5) is 6.81. The Labute approximate surface area is 145 Å². The zero-order valence-corrected chi connectivity index (χ0v) is 15.1. The molecule has 2 aromatic rings. The fourth-order valence-corrected chi connectivity index (χ4v) is 2.43. The van der Waals surface area contributed by atoms with Crippen molar-refractivity contribution in [3.8, 4) is 0 Å². The fraction of sp³-hybridized carbons (Fsp3) is 0.350. The van der Waals surface area contributed by atoms with E-state index in [0.29, 0.717) is 6.54 Å². The lowest BCUT2D eigenvalue weighted by Gasteiger charge is -2.14. The minimum absolute atomic E-state index is 0.658. The predicted molar refractivity (Wildman–Crippen MR) is 104 cm³/mol. The van der Waals surface area contributed by atoms with Gasteiger partial charge in [0.05, 0.1) is 6.54 Å². The maximum atomic E-state index is 4.70. The third-order valence-corrected chi connectivity index (χ3v) is 3.90. The van der Waals surface area contributed by atoms with Crippen LogP contribution in [-0.2, 0) is 13.1 Å². The van der Waals surface area contributed by atoms with E-state index in [-0.39, 0.29) is 0 Å². The van der Waals surface area contributed by atoms with Crippen molar-refractivity contribution in [3.05, 3.63) is 65.2 Å². The number of anilines is 1. The SMILES string of the molecule is CCNC(=NCc1cccc(N(C)C)c1)NCc1ccccc1C. The third-order valence-electron chi connectivity index (χ3n) is 3.90. The van der Waals surface area contributed by atoms with Crippen molar-refractivity contribution in [1.29, 1.82) is 0 Å². The number of aliphatic imine (C=N–C) groups is 1. The van der Waals surface area contributed by atoms with E-state index in [1.807, 2.05) is 0 Å². The molecule has 0 radical (unpaired) electrons. The highest BCUT2D eigenvalue weighted by Gasteiger charge is 2.02. The average Bonchev–Trinajstić information content (AvgIpc) is 2.59. The summed E-state index contributed by atoms with van der Waals surface area (Å²) in [6, 6.07) is 16.9. The van der Waals surface area contributed by atoms with Crippen LogP contribution in [0.3, 0.4) is 0 Å². The van der Waals surface area contributed by atoms with E-state index < -0.39 is 0 Å². The van der Waals surface area contributed by atoms with E-state index >= 15 is 0 Å². The van der Waals surface area contributed by atoms with Crippen LogP contribution in [0.25, 0.3) is 0 Å². The maximum Gasteiger partial charge on any atom is 0.191 e. The number of hydrogen-bond acceptors (Lipinski definition) is 2. The molecule has 2 N–H and O–H groups in total. The third kappa shape index (κ3) is 5.30. The molecule has 4 heteroatoms. The number of aryl methyl sites for hydroxylation is 1. The lowest BCUT2D eigenvalue weighted by atomic mass is 10.1. The van der Waals surface area contributed by atoms with Crippen LogP contribution < -0.4 is 15.5 Å². The molecular weight excluding hydrogens is 296 g/mol. The van der Waals surface area contributed by atoms with Gasteiger partial charge in [-0.2, -0.15) is 0 Å². The molecule has 0 spiro atoms. The van der Waals surface area contributed by atoms with E-state index in [1.54, 1.807) is 0 Å². The van der Waals surface area contributed by atoms with Crippen molar-refractivity contribution in [1.82, 2.24) is 10.6 Å². The number of hydrogen-bond donors (Lipinski definition) is 2. The van der Waals surface area contributed by atoms with Gasteiger partial charge in [0.2, 0.25) is 0 Å². The van der Waals surface area contributed by atoms with Crippen LogP contribution in [0.5, 0.6) is 0 Å². The van der Waals surface area contributed by atoms with Gasteiger partial charge < -0.3 is 15.5 Å². The molecule has 0 atom stereocenters. The van der Waals surface area contributed by atoms with E-state index in [2.05, 4.69) is 92.0 Å². The first-order chi connectivity index (χ1) is 11.6. The molecule has 0 fully saturated rings. The number of guanidine groups is 1. The molecule has 4 nitrogen and oxygen atoms in total. The highest BCUT2D eigenvalue weighted by molar-refractivity contribution is 5.79. The van der Waals surface area contributed by atoms with Gasteiger partial charge in [-0.1, -0.05) is 36.4 Å². The van der Waals surface area contributed by atoms with Crippen molar-refractivity contribution in [2.24, 2.45) is 4.99 Å². The molecule has 0 unspecified atom stereocenters. The molecule has 0 aromatic heterocycles. The molecule has 0 heterocycles. The van der Waals surface area contributed by atoms with Crippen LogP contribution in [0.1, 0.15) is 23.6 Å². The summed E-state index contributed by atoms with van der Waals surface area (Å²) < 4.78 is 0. The zero-order chi connectivity index (χ0) is 17.4. The molecule has 0 saturated heterocycles. The van der Waals surface area contributed by atoms with Crippen molar-refractivity contribution in [3.63, 3.8) is 0 Å². The smallest absolute Gasteiger partial charge is 0.191 e. The Bertz CT molecular complexity index is 677. The number of nitrogens with zero attached hydrogens (tertiary/aromatic N) is 2. The summed E-state index contributed by atoms with van der Waals surface area (Å²) in [6.45, 7) is 6.49. The number of rotatable bonds is 6. The summed E-state index contributed by atoms with van der Waals surface area (Å²) in [7, 11) is 4.10. The molecule has 2 aromatic carbocycles. The molecule has 24 heavy (non-hydrogen) atoms. The Hall–Kier alpha value is -2.49. The Morgan fingerprint density at radius 1 is 1.04 bits per heavy atom. The second kappa shape index (κ2) is 8.96. The van der Waals surface area contributed by atoms with Crippen LogP contribution in [0, 0.1) is 6.92 Å². The molecule has 0 bridgehead atoms. The molecule has 2 rings (SSSR count). The van der Waals surface area contributed by atoms with Crippen LogP contribution >= 0.6 is 0 Å². The monoisotopic (exact) mass is 324 g/mol. The molecule has 128 valence electrons. The predicted octanol–water partition coefficient (Wildman–Crippen LogP) is 3.32. The second-order valence-electron chi connectivity index (χ2n) is 6.04. The molecule has 0 saturated carbocycles. The Morgan fingerprint density at radius 3 is 2.54 bits per heavy atom. The van der Waals surface area contributed by atoms with E-state index in [4.69, 9.17) is 4.99 Å². The molecule has 0 aliphatic heterocycles. The minimum atomic E-state index is 0.658. The van der Waals surface area contributed by atoms with Crippen molar-refractivity contribution in [2.75, 3.05) is 25.5 Å². The molecule has 0 aliphatic rings. The first-order valence-corrected chi connectivity index (χ1v) is 8.43. The second-order valence-corrected chi connectivity index (χ2v) is 6.04. The molecule has 0 aliphatic carbocycles. The summed E-state index contributed by atoms with van der Waals surface area (Å²) in [5, 5.41) is 6.72. The first-order valence-electron chi connectivity index (χ1n) is 8.43. The normalized spacial score (nSPS) is 11.2. The van der Waals surface area contributed by atoms with Gasteiger partial charge in [0, 0.05) is 32.9 Å². The van der Waals surface area contributed by atoms with Crippen molar-refractivity contribution >= 4 is 11.6 Å². The van der Waals surface area contributed by atoms with Crippen LogP contribution in [0.15, 0.2) is 53.5 Å². The van der Waals surface area contributed by atoms with Crippen LogP contribution in [0.2, 0.25) is 0 Å². The largest absolute Gasteiger partial charge is 0.378 e. The Kier molecular flexibility index (Phi) is 6.67. The lowest BCUT2D eigenvalue weighted by molar-refractivity contribution is 0.813. The van der Waals surface area contributed by atoms with E-state index in [0.717, 1.165) is 19.0 Å². The van der Waals surface area contributed by atoms with Crippen LogP contribution in [-0.4, -0.2) is 26.6 Å². The maximum absolute atomic E-state index is 4.70. The van der Waals surface area contributed by atoms with Gasteiger partial charge >= 0.3 is 0 Å². The van der Waals surface area contributed by atoms with Crippen LogP contribution in [0.4, 0.5) is 5.69 Å². The van der Waals surface area contributed by atoms with Gasteiger partial charge in [0.15, 0.2) is 5.96 Å². The topological polar surface area (TPSA) is 39.7 Å². The standard InChI is InChI=1S/C20H28N4/c1-5-21-20(23-15-18-11-7-6-9-16(18)2)22-14-17-10-8-12-19(13-17)24(3)4/h6-13H,5,14-15H2,1-4H3,(H2,21,22,23). The fourth-order valence-electron chi connectivity index (χ4n) is 2.43.